The summed E-state index contributed by atoms with van der Waals surface area (Å²) in [6.45, 7) is 6.55. The molecule has 0 saturated carbocycles. The van der Waals surface area contributed by atoms with E-state index in [2.05, 4.69) is 30.9 Å². The van der Waals surface area contributed by atoms with Gasteiger partial charge in [0.15, 0.2) is 0 Å². The first-order valence-electron chi connectivity index (χ1n) is 13.1. The summed E-state index contributed by atoms with van der Waals surface area (Å²) in [5.41, 5.74) is 5.12. The number of anilines is 3. The zero-order chi connectivity index (χ0) is 27.0. The summed E-state index contributed by atoms with van der Waals surface area (Å²) in [5.74, 6) is 1.80. The predicted molar refractivity (Wildman–Crippen MR) is 153 cm³/mol. The lowest BCUT2D eigenvalue weighted by Gasteiger charge is -2.16. The van der Waals surface area contributed by atoms with Crippen molar-refractivity contribution in [3.8, 4) is 11.5 Å². The second-order valence-electron chi connectivity index (χ2n) is 9.28. The highest BCUT2D eigenvalue weighted by Crippen LogP contribution is 2.34. The van der Waals surface area contributed by atoms with Crippen molar-refractivity contribution in [2.24, 2.45) is 0 Å². The second-order valence-corrected chi connectivity index (χ2v) is 9.28. The van der Waals surface area contributed by atoms with E-state index in [0.29, 0.717) is 36.0 Å². The van der Waals surface area contributed by atoms with Gasteiger partial charge in [-0.05, 0) is 81.7 Å². The lowest BCUT2D eigenvalue weighted by molar-refractivity contribution is -0.112. The Hall–Kier alpha value is -4.50. The van der Waals surface area contributed by atoms with E-state index in [1.165, 1.54) is 6.33 Å². The number of nitrogens with zero attached hydrogens (tertiary/aromatic N) is 3. The van der Waals surface area contributed by atoms with Gasteiger partial charge in [0.1, 0.15) is 30.3 Å². The monoisotopic (exact) mass is 524 g/mol. The Bertz CT molecular complexity index is 1480. The lowest BCUT2D eigenvalue weighted by atomic mass is 10.1. The predicted octanol–water partition coefficient (Wildman–Crippen LogP) is 5.30. The minimum absolute atomic E-state index is 0.171. The molecule has 5 rings (SSSR count). The Labute approximate surface area is 227 Å². The number of nitrogens with one attached hydrogen (secondary N) is 3. The maximum absolute atomic E-state index is 12.8. The van der Waals surface area contributed by atoms with Gasteiger partial charge in [-0.3, -0.25) is 9.78 Å². The Kier molecular flexibility index (Phi) is 8.28. The maximum Gasteiger partial charge on any atom is 0.248 e. The van der Waals surface area contributed by atoms with Gasteiger partial charge in [0.2, 0.25) is 5.91 Å². The van der Waals surface area contributed by atoms with Crippen LogP contribution in [0.25, 0.3) is 10.9 Å². The average molecular weight is 525 g/mol. The molecule has 1 aliphatic rings. The van der Waals surface area contributed by atoms with Gasteiger partial charge in [-0.2, -0.15) is 0 Å². The second kappa shape index (κ2) is 12.4. The smallest absolute Gasteiger partial charge is 0.248 e. The van der Waals surface area contributed by atoms with Gasteiger partial charge in [0.25, 0.3) is 0 Å². The largest absolute Gasteiger partial charge is 0.492 e. The summed E-state index contributed by atoms with van der Waals surface area (Å²) in [6.07, 6.45) is 6.71. The highest BCUT2D eigenvalue weighted by molar-refractivity contribution is 6.04. The molecule has 2 aromatic carbocycles. The van der Waals surface area contributed by atoms with Crippen molar-refractivity contribution in [2.75, 3.05) is 30.3 Å². The van der Waals surface area contributed by atoms with E-state index in [1.54, 1.807) is 12.3 Å². The Morgan fingerprint density at radius 2 is 1.90 bits per heavy atom. The number of aryl methyl sites for hydroxylation is 1. The summed E-state index contributed by atoms with van der Waals surface area (Å²) < 4.78 is 11.8. The molecule has 0 aliphatic carbocycles. The number of carbonyl (C=O) groups excluding carboxylic acids is 1. The Balaban J connectivity index is 1.37. The molecule has 3 heterocycles. The van der Waals surface area contributed by atoms with E-state index < -0.39 is 0 Å². The van der Waals surface area contributed by atoms with Crippen LogP contribution in [0.1, 0.15) is 31.0 Å². The minimum Gasteiger partial charge on any atom is -0.492 e. The van der Waals surface area contributed by atoms with Crippen LogP contribution in [0.5, 0.6) is 11.5 Å². The third-order valence-electron chi connectivity index (χ3n) is 6.41. The highest BCUT2D eigenvalue weighted by Gasteiger charge is 2.14. The summed E-state index contributed by atoms with van der Waals surface area (Å²) in [7, 11) is 0. The molecule has 2 aromatic heterocycles. The summed E-state index contributed by atoms with van der Waals surface area (Å²) in [6, 6.07) is 15.3. The molecular formula is C30H32N6O3. The van der Waals surface area contributed by atoms with Gasteiger partial charge in [0.05, 0.1) is 23.5 Å². The van der Waals surface area contributed by atoms with Crippen LogP contribution in [0.15, 0.2) is 72.7 Å². The number of hydrogen-bond donors (Lipinski definition) is 3. The first kappa shape index (κ1) is 26.1. The molecule has 0 spiro atoms. The van der Waals surface area contributed by atoms with Crippen LogP contribution in [0, 0.1) is 6.92 Å². The Morgan fingerprint density at radius 3 is 2.67 bits per heavy atom. The van der Waals surface area contributed by atoms with Crippen LogP contribution in [-0.4, -0.2) is 40.6 Å². The molecule has 39 heavy (non-hydrogen) atoms. The van der Waals surface area contributed by atoms with E-state index >= 15 is 0 Å². The highest BCUT2D eigenvalue weighted by atomic mass is 16.5. The van der Waals surface area contributed by atoms with Gasteiger partial charge in [-0.1, -0.05) is 11.6 Å². The molecule has 3 N–H and O–H groups in total. The average Bonchev–Trinajstić information content (AvgIpc) is 2.94. The van der Waals surface area contributed by atoms with Gasteiger partial charge >= 0.3 is 0 Å². The number of aromatic nitrogens is 3. The molecule has 0 radical (unpaired) electrons. The SMILES string of the molecule is CCOc1cc2ncnc(Nc3ccc(OCc4ccccn4)c(C)c3)c2cc1NC(=O)C=C1CCNCC1. The summed E-state index contributed by atoms with van der Waals surface area (Å²) >= 11 is 0. The first-order valence-corrected chi connectivity index (χ1v) is 13.1. The zero-order valence-corrected chi connectivity index (χ0v) is 22.2. The number of ether oxygens (including phenoxy) is 2. The molecule has 1 fully saturated rings. The van der Waals surface area contributed by atoms with Crippen LogP contribution < -0.4 is 25.4 Å². The third kappa shape index (κ3) is 6.69. The van der Waals surface area contributed by atoms with Crippen molar-refractivity contribution < 1.29 is 14.3 Å². The van der Waals surface area contributed by atoms with Gasteiger partial charge in [0, 0.05) is 29.4 Å². The van der Waals surface area contributed by atoms with Crippen molar-refractivity contribution in [1.29, 1.82) is 0 Å². The first-order chi connectivity index (χ1) is 19.1. The molecule has 0 atom stereocenters. The normalized spacial score (nSPS) is 13.1. The van der Waals surface area contributed by atoms with Gasteiger partial charge in [-0.25, -0.2) is 9.97 Å². The lowest BCUT2D eigenvalue weighted by Crippen LogP contribution is -2.24. The van der Waals surface area contributed by atoms with E-state index in [9.17, 15) is 4.79 Å². The molecule has 1 aliphatic heterocycles. The number of fused-ring (bicyclic) bond motifs is 1. The molecule has 0 unspecified atom stereocenters. The molecule has 0 bridgehead atoms. The van der Waals surface area contributed by atoms with Gasteiger partial charge < -0.3 is 25.4 Å². The number of amides is 1. The quantitative estimate of drug-likeness (QED) is 0.253. The fourth-order valence-electron chi connectivity index (χ4n) is 4.46. The zero-order valence-electron chi connectivity index (χ0n) is 22.2. The van der Waals surface area contributed by atoms with E-state index in [-0.39, 0.29) is 5.91 Å². The topological polar surface area (TPSA) is 110 Å². The molecule has 1 saturated heterocycles. The van der Waals surface area contributed by atoms with Crippen molar-refractivity contribution in [3.63, 3.8) is 0 Å². The van der Waals surface area contributed by atoms with Crippen molar-refractivity contribution in [2.45, 2.75) is 33.3 Å². The van der Waals surface area contributed by atoms with Crippen molar-refractivity contribution in [1.82, 2.24) is 20.3 Å². The van der Waals surface area contributed by atoms with Crippen LogP contribution >= 0.6 is 0 Å². The molecular weight excluding hydrogens is 492 g/mol. The van der Waals surface area contributed by atoms with Crippen LogP contribution in [0.4, 0.5) is 17.2 Å². The van der Waals surface area contributed by atoms with E-state index in [1.807, 2.05) is 62.4 Å². The molecule has 4 aromatic rings. The summed E-state index contributed by atoms with van der Waals surface area (Å²) in [4.78, 5) is 26.1. The number of hydrogen-bond acceptors (Lipinski definition) is 8. The van der Waals surface area contributed by atoms with Crippen LogP contribution in [0.3, 0.4) is 0 Å². The van der Waals surface area contributed by atoms with Crippen LogP contribution in [0.2, 0.25) is 0 Å². The number of rotatable bonds is 9. The number of carbonyl (C=O) groups is 1. The van der Waals surface area contributed by atoms with Gasteiger partial charge in [-0.15, -0.1) is 0 Å². The van der Waals surface area contributed by atoms with Crippen molar-refractivity contribution >= 4 is 34.0 Å². The van der Waals surface area contributed by atoms with Crippen molar-refractivity contribution in [3.05, 3.63) is 84.0 Å². The van der Waals surface area contributed by atoms with E-state index in [0.717, 1.165) is 59.6 Å². The number of pyridine rings is 1. The summed E-state index contributed by atoms with van der Waals surface area (Å²) in [5, 5.41) is 10.5. The number of piperidine rings is 1. The van der Waals surface area contributed by atoms with Crippen LogP contribution in [-0.2, 0) is 11.4 Å². The standard InChI is InChI=1S/C30H32N6O3/c1-3-38-28-17-25-24(16-26(28)36-29(37)15-21-9-12-31-13-10-21)30(34-19-33-25)35-22-7-8-27(20(2)14-22)39-18-23-6-4-5-11-32-23/h4-8,11,14-17,19,31H,3,9-10,12-13,18H2,1-2H3,(H,36,37)(H,33,34,35). The number of benzene rings is 2. The fraction of sp³-hybridized carbons (Fsp3) is 0.267. The fourth-order valence-corrected chi connectivity index (χ4v) is 4.46. The molecule has 9 heteroatoms. The minimum atomic E-state index is -0.171. The Morgan fingerprint density at radius 1 is 1.03 bits per heavy atom. The molecule has 200 valence electrons. The van der Waals surface area contributed by atoms with E-state index in [4.69, 9.17) is 9.47 Å². The maximum atomic E-state index is 12.8. The molecule has 1 amide bonds. The molecule has 9 nitrogen and oxygen atoms in total. The third-order valence-corrected chi connectivity index (χ3v) is 6.41.